The lowest BCUT2D eigenvalue weighted by molar-refractivity contribution is 0.104. The first kappa shape index (κ1) is 19.5. The zero-order chi connectivity index (χ0) is 18.7. The molecule has 1 fully saturated rings. The van der Waals surface area contributed by atoms with Crippen LogP contribution in [-0.2, 0) is 4.74 Å². The maximum Gasteiger partial charge on any atom is 0.291 e. The lowest BCUT2D eigenvalue weighted by atomic mass is 9.98. The van der Waals surface area contributed by atoms with Crippen molar-refractivity contribution in [1.29, 1.82) is 0 Å². The standard InChI is InChI=1S/C18H20Cl3N3O2/c1-2-26-11-12-4-3-7-23(10-12)16-6-5-13(8-14(16)19)24-18(25)17(21)15(20)9-22-24/h5-6,8-9,12H,2-4,7,10-11H2,1H3. The summed E-state index contributed by atoms with van der Waals surface area (Å²) >= 11 is 18.3. The van der Waals surface area contributed by atoms with Crippen LogP contribution in [-0.4, -0.2) is 36.1 Å². The van der Waals surface area contributed by atoms with Crippen LogP contribution >= 0.6 is 34.8 Å². The molecule has 1 aliphatic heterocycles. The Morgan fingerprint density at radius 1 is 1.27 bits per heavy atom. The van der Waals surface area contributed by atoms with Crippen molar-refractivity contribution >= 4 is 40.5 Å². The second-order valence-electron chi connectivity index (χ2n) is 6.27. The zero-order valence-electron chi connectivity index (χ0n) is 14.4. The number of hydrogen-bond donors (Lipinski definition) is 0. The molecule has 0 N–H and O–H groups in total. The maximum absolute atomic E-state index is 12.2. The summed E-state index contributed by atoms with van der Waals surface area (Å²) in [6.07, 6.45) is 3.61. The first-order chi connectivity index (χ1) is 12.5. The number of ether oxygens (including phenoxy) is 1. The van der Waals surface area contributed by atoms with Crippen molar-refractivity contribution in [3.8, 4) is 5.69 Å². The van der Waals surface area contributed by atoms with Gasteiger partial charge in [0.25, 0.3) is 5.56 Å². The summed E-state index contributed by atoms with van der Waals surface area (Å²) in [4.78, 5) is 14.5. The highest BCUT2D eigenvalue weighted by Gasteiger charge is 2.22. The molecule has 1 saturated heterocycles. The molecule has 1 unspecified atom stereocenters. The van der Waals surface area contributed by atoms with Gasteiger partial charge in [-0.3, -0.25) is 4.79 Å². The third kappa shape index (κ3) is 4.17. The van der Waals surface area contributed by atoms with E-state index in [9.17, 15) is 4.79 Å². The van der Waals surface area contributed by atoms with Crippen molar-refractivity contribution in [1.82, 2.24) is 9.78 Å². The number of hydrogen-bond acceptors (Lipinski definition) is 4. The van der Waals surface area contributed by atoms with Crippen molar-refractivity contribution in [2.45, 2.75) is 19.8 Å². The van der Waals surface area contributed by atoms with Crippen molar-refractivity contribution in [3.05, 3.63) is 49.8 Å². The van der Waals surface area contributed by atoms with Crippen molar-refractivity contribution in [3.63, 3.8) is 0 Å². The first-order valence-corrected chi connectivity index (χ1v) is 9.70. The second kappa shape index (κ2) is 8.61. The van der Waals surface area contributed by atoms with E-state index in [1.54, 1.807) is 6.07 Å². The Hall–Kier alpha value is -1.27. The topological polar surface area (TPSA) is 47.4 Å². The van der Waals surface area contributed by atoms with E-state index in [1.807, 2.05) is 19.1 Å². The van der Waals surface area contributed by atoms with Crippen molar-refractivity contribution in [2.24, 2.45) is 5.92 Å². The molecule has 1 atom stereocenters. The number of nitrogens with zero attached hydrogens (tertiary/aromatic N) is 3. The Morgan fingerprint density at radius 2 is 2.08 bits per heavy atom. The zero-order valence-corrected chi connectivity index (χ0v) is 16.7. The highest BCUT2D eigenvalue weighted by Crippen LogP contribution is 2.31. The van der Waals surface area contributed by atoms with E-state index >= 15 is 0 Å². The van der Waals surface area contributed by atoms with Crippen LogP contribution in [0.25, 0.3) is 5.69 Å². The molecule has 0 bridgehead atoms. The molecule has 8 heteroatoms. The highest BCUT2D eigenvalue weighted by atomic mass is 35.5. The van der Waals surface area contributed by atoms with Crippen LogP contribution in [0.4, 0.5) is 5.69 Å². The average molecular weight is 417 g/mol. The van der Waals surface area contributed by atoms with Crippen LogP contribution in [0, 0.1) is 5.92 Å². The van der Waals surface area contributed by atoms with Crippen LogP contribution in [0.15, 0.2) is 29.2 Å². The van der Waals surface area contributed by atoms with Crippen LogP contribution in [0.2, 0.25) is 15.1 Å². The van der Waals surface area contributed by atoms with Gasteiger partial charge in [0.2, 0.25) is 0 Å². The lowest BCUT2D eigenvalue weighted by Gasteiger charge is -2.34. The van der Waals surface area contributed by atoms with Gasteiger partial charge in [0.05, 0.1) is 34.2 Å². The fraction of sp³-hybridized carbons (Fsp3) is 0.444. The molecule has 5 nitrogen and oxygen atoms in total. The average Bonchev–Trinajstić information content (AvgIpc) is 2.65. The van der Waals surface area contributed by atoms with Gasteiger partial charge >= 0.3 is 0 Å². The molecule has 3 rings (SSSR count). The predicted octanol–water partition coefficient (Wildman–Crippen LogP) is 4.45. The second-order valence-corrected chi connectivity index (χ2v) is 7.47. The Bertz CT molecular complexity index is 841. The molecule has 0 amide bonds. The fourth-order valence-corrected chi connectivity index (χ4v) is 3.73. The van der Waals surface area contributed by atoms with Crippen LogP contribution in [0.5, 0.6) is 0 Å². The number of halogens is 3. The summed E-state index contributed by atoms with van der Waals surface area (Å²) < 4.78 is 6.76. The summed E-state index contributed by atoms with van der Waals surface area (Å²) in [5.74, 6) is 0.499. The number of anilines is 1. The van der Waals surface area contributed by atoms with Gasteiger partial charge in [-0.05, 0) is 43.9 Å². The van der Waals surface area contributed by atoms with Gasteiger partial charge in [0.1, 0.15) is 5.02 Å². The van der Waals surface area contributed by atoms with E-state index in [2.05, 4.69) is 10.00 Å². The van der Waals surface area contributed by atoms with Gasteiger partial charge in [-0.2, -0.15) is 9.78 Å². The molecule has 2 aromatic rings. The molecule has 1 aliphatic rings. The SMILES string of the molecule is CCOCC1CCCN(c2ccc(-n3ncc(Cl)c(Cl)c3=O)cc2Cl)C1. The Balaban J connectivity index is 1.84. The molecule has 1 aromatic carbocycles. The van der Waals surface area contributed by atoms with Gasteiger partial charge in [0, 0.05) is 19.7 Å². The quantitative estimate of drug-likeness (QED) is 0.722. The van der Waals surface area contributed by atoms with E-state index in [4.69, 9.17) is 39.5 Å². The van der Waals surface area contributed by atoms with E-state index in [0.29, 0.717) is 16.6 Å². The summed E-state index contributed by atoms with van der Waals surface area (Å²) in [7, 11) is 0. The largest absolute Gasteiger partial charge is 0.381 e. The molecule has 2 heterocycles. The van der Waals surface area contributed by atoms with Gasteiger partial charge in [0.15, 0.2) is 0 Å². The normalized spacial score (nSPS) is 17.5. The van der Waals surface area contributed by atoms with Crippen molar-refractivity contribution < 1.29 is 4.74 Å². The lowest BCUT2D eigenvalue weighted by Crippen LogP contribution is -2.37. The molecule has 26 heavy (non-hydrogen) atoms. The van der Waals surface area contributed by atoms with Gasteiger partial charge in [-0.1, -0.05) is 34.8 Å². The molecule has 1 aromatic heterocycles. The van der Waals surface area contributed by atoms with Crippen LogP contribution in [0.1, 0.15) is 19.8 Å². The Kier molecular flexibility index (Phi) is 6.46. The van der Waals surface area contributed by atoms with Crippen LogP contribution in [0.3, 0.4) is 0 Å². The third-order valence-electron chi connectivity index (χ3n) is 4.47. The molecule has 0 spiro atoms. The molecule has 0 radical (unpaired) electrons. The van der Waals surface area contributed by atoms with E-state index in [-0.39, 0.29) is 10.0 Å². The molecule has 0 saturated carbocycles. The Morgan fingerprint density at radius 3 is 2.81 bits per heavy atom. The molecule has 0 aliphatic carbocycles. The summed E-state index contributed by atoms with van der Waals surface area (Å²) in [5.41, 5.74) is 1.02. The van der Waals surface area contributed by atoms with Gasteiger partial charge in [-0.15, -0.1) is 0 Å². The third-order valence-corrected chi connectivity index (χ3v) is 5.52. The number of rotatable bonds is 5. The van der Waals surface area contributed by atoms with E-state index in [1.165, 1.54) is 10.9 Å². The summed E-state index contributed by atoms with van der Waals surface area (Å²) in [5, 5.41) is 4.68. The van der Waals surface area contributed by atoms with Gasteiger partial charge in [-0.25, -0.2) is 0 Å². The van der Waals surface area contributed by atoms with E-state index < -0.39 is 5.56 Å². The minimum absolute atomic E-state index is 0.0586. The smallest absolute Gasteiger partial charge is 0.291 e. The number of piperidine rings is 1. The van der Waals surface area contributed by atoms with E-state index in [0.717, 1.165) is 44.8 Å². The van der Waals surface area contributed by atoms with Crippen LogP contribution < -0.4 is 10.5 Å². The molecular weight excluding hydrogens is 397 g/mol. The Labute approximate surface area is 167 Å². The monoisotopic (exact) mass is 415 g/mol. The fourth-order valence-electron chi connectivity index (χ4n) is 3.19. The molecule has 140 valence electrons. The predicted molar refractivity (Wildman–Crippen MR) is 106 cm³/mol. The summed E-state index contributed by atoms with van der Waals surface area (Å²) in [6, 6.07) is 5.45. The number of aromatic nitrogens is 2. The number of benzene rings is 1. The minimum atomic E-state index is -0.474. The van der Waals surface area contributed by atoms with Gasteiger partial charge < -0.3 is 9.64 Å². The highest BCUT2D eigenvalue weighted by molar-refractivity contribution is 6.41. The molecular formula is C18H20Cl3N3O2. The first-order valence-electron chi connectivity index (χ1n) is 8.57. The summed E-state index contributed by atoms with van der Waals surface area (Å²) in [6.45, 7) is 5.37. The maximum atomic E-state index is 12.2. The minimum Gasteiger partial charge on any atom is -0.381 e. The van der Waals surface area contributed by atoms with Crippen molar-refractivity contribution in [2.75, 3.05) is 31.2 Å².